The molecule has 7 heteroatoms. The van der Waals surface area contributed by atoms with Crippen LogP contribution in [0.25, 0.3) is 0 Å². The van der Waals surface area contributed by atoms with Gasteiger partial charge in [0, 0.05) is 0 Å². The van der Waals surface area contributed by atoms with Gasteiger partial charge in [0.05, 0.1) is 5.56 Å². The number of hydrogen-bond acceptors (Lipinski definition) is 3. The Morgan fingerprint density at radius 3 is 2.29 bits per heavy atom. The summed E-state index contributed by atoms with van der Waals surface area (Å²) in [4.78, 5) is 21.6. The number of alkyl halides is 3. The summed E-state index contributed by atoms with van der Waals surface area (Å²) < 4.78 is 39.7. The van der Waals surface area contributed by atoms with Crippen LogP contribution in [0.1, 0.15) is 10.4 Å². The molecule has 4 nitrogen and oxygen atoms in total. The van der Waals surface area contributed by atoms with Gasteiger partial charge in [-0.25, -0.2) is 4.79 Å². The molecule has 1 aromatic carbocycles. The average Bonchev–Trinajstić information content (AvgIpc) is 2.28. The molecule has 0 aromatic heterocycles. The van der Waals surface area contributed by atoms with Gasteiger partial charge in [-0.15, -0.1) is 0 Å². The van der Waals surface area contributed by atoms with Crippen molar-refractivity contribution in [2.75, 3.05) is 6.73 Å². The van der Waals surface area contributed by atoms with Gasteiger partial charge < -0.3 is 10.1 Å². The SMILES string of the molecule is O=C(OCNC(=O)C(F)(F)F)c1ccccc1. The Bertz CT molecular complexity index is 403. The van der Waals surface area contributed by atoms with E-state index >= 15 is 0 Å². The predicted octanol–water partition coefficient (Wildman–Crippen LogP) is 1.48. The van der Waals surface area contributed by atoms with E-state index in [0.717, 1.165) is 0 Å². The zero-order valence-corrected chi connectivity index (χ0v) is 8.45. The van der Waals surface area contributed by atoms with Gasteiger partial charge in [0.25, 0.3) is 0 Å². The number of benzene rings is 1. The van der Waals surface area contributed by atoms with Crippen LogP contribution < -0.4 is 5.32 Å². The maximum absolute atomic E-state index is 11.7. The summed E-state index contributed by atoms with van der Waals surface area (Å²) in [7, 11) is 0. The van der Waals surface area contributed by atoms with Gasteiger partial charge in [-0.05, 0) is 12.1 Å². The van der Waals surface area contributed by atoms with Crippen molar-refractivity contribution in [3.63, 3.8) is 0 Å². The highest BCUT2D eigenvalue weighted by Crippen LogP contribution is 2.13. The Labute approximate surface area is 94.4 Å². The van der Waals surface area contributed by atoms with E-state index in [1.165, 1.54) is 17.4 Å². The largest absolute Gasteiger partial charge is 0.471 e. The third-order valence-electron chi connectivity index (χ3n) is 1.70. The molecule has 1 rings (SSSR count). The number of ether oxygens (including phenoxy) is 1. The zero-order chi connectivity index (χ0) is 12.9. The number of halogens is 3. The number of carbonyl (C=O) groups excluding carboxylic acids is 2. The summed E-state index contributed by atoms with van der Waals surface area (Å²) in [5.74, 6) is -2.97. The predicted molar refractivity (Wildman–Crippen MR) is 50.9 cm³/mol. The molecule has 0 saturated carbocycles. The molecular weight excluding hydrogens is 239 g/mol. The van der Waals surface area contributed by atoms with Crippen LogP contribution in [-0.4, -0.2) is 24.8 Å². The fraction of sp³-hybridized carbons (Fsp3) is 0.200. The standard InChI is InChI=1S/C10H8F3NO3/c11-10(12,13)9(16)14-6-17-8(15)7-4-2-1-3-5-7/h1-5H,6H2,(H,14,16). The van der Waals surface area contributed by atoms with Gasteiger partial charge in [-0.2, -0.15) is 13.2 Å². The number of esters is 1. The number of rotatable bonds is 3. The van der Waals surface area contributed by atoms with Crippen molar-refractivity contribution in [3.8, 4) is 0 Å². The summed E-state index contributed by atoms with van der Waals surface area (Å²) in [6, 6.07) is 7.69. The summed E-state index contributed by atoms with van der Waals surface area (Å²) in [5.41, 5.74) is 0.189. The normalized spacial score (nSPS) is 10.8. The van der Waals surface area contributed by atoms with E-state index in [-0.39, 0.29) is 5.56 Å². The molecule has 0 aliphatic heterocycles. The molecule has 1 aromatic rings. The van der Waals surface area contributed by atoms with Crippen molar-refractivity contribution in [2.45, 2.75) is 6.18 Å². The second-order valence-corrected chi connectivity index (χ2v) is 2.95. The first-order chi connectivity index (χ1) is 7.91. The lowest BCUT2D eigenvalue weighted by atomic mass is 10.2. The molecule has 0 unspecified atom stereocenters. The van der Waals surface area contributed by atoms with Crippen LogP contribution in [0.15, 0.2) is 30.3 Å². The zero-order valence-electron chi connectivity index (χ0n) is 8.45. The van der Waals surface area contributed by atoms with E-state index in [4.69, 9.17) is 0 Å². The molecule has 0 aliphatic carbocycles. The molecular formula is C10H8F3NO3. The highest BCUT2D eigenvalue weighted by Gasteiger charge is 2.38. The Balaban J connectivity index is 2.38. The molecule has 1 amide bonds. The van der Waals surface area contributed by atoms with Crippen molar-refractivity contribution < 1.29 is 27.5 Å². The van der Waals surface area contributed by atoms with Crippen molar-refractivity contribution in [1.82, 2.24) is 5.32 Å². The maximum atomic E-state index is 11.7. The van der Waals surface area contributed by atoms with Crippen LogP contribution in [0.5, 0.6) is 0 Å². The van der Waals surface area contributed by atoms with Crippen molar-refractivity contribution in [1.29, 1.82) is 0 Å². The van der Waals surface area contributed by atoms with Crippen LogP contribution in [0.2, 0.25) is 0 Å². The summed E-state index contributed by atoms with van der Waals surface area (Å²) >= 11 is 0. The number of nitrogens with one attached hydrogen (secondary N) is 1. The summed E-state index contributed by atoms with van der Waals surface area (Å²) in [6.07, 6.45) is -4.99. The molecule has 1 N–H and O–H groups in total. The monoisotopic (exact) mass is 247 g/mol. The average molecular weight is 247 g/mol. The minimum absolute atomic E-state index is 0.189. The first-order valence-corrected chi connectivity index (χ1v) is 4.48. The molecule has 0 radical (unpaired) electrons. The smallest absolute Gasteiger partial charge is 0.441 e. The highest BCUT2D eigenvalue weighted by molar-refractivity contribution is 5.89. The number of hydrogen-bond donors (Lipinski definition) is 1. The second-order valence-electron chi connectivity index (χ2n) is 2.95. The number of amides is 1. The molecule has 0 fully saturated rings. The van der Waals surface area contributed by atoms with Crippen LogP contribution in [0.3, 0.4) is 0 Å². The third-order valence-corrected chi connectivity index (χ3v) is 1.70. The molecule has 0 atom stereocenters. The molecule has 0 aliphatic rings. The van der Waals surface area contributed by atoms with Crippen molar-refractivity contribution in [2.24, 2.45) is 0 Å². The molecule has 0 spiro atoms. The van der Waals surface area contributed by atoms with Gasteiger partial charge in [0.15, 0.2) is 6.73 Å². The minimum atomic E-state index is -4.99. The van der Waals surface area contributed by atoms with Gasteiger partial charge in [-0.3, -0.25) is 4.79 Å². The van der Waals surface area contributed by atoms with Gasteiger partial charge in [0.1, 0.15) is 0 Å². The number of carbonyl (C=O) groups is 2. The van der Waals surface area contributed by atoms with Crippen LogP contribution in [0, 0.1) is 0 Å². The Morgan fingerprint density at radius 1 is 1.18 bits per heavy atom. The lowest BCUT2D eigenvalue weighted by molar-refractivity contribution is -0.174. The molecule has 0 bridgehead atoms. The van der Waals surface area contributed by atoms with Crippen LogP contribution >= 0.6 is 0 Å². The highest BCUT2D eigenvalue weighted by atomic mass is 19.4. The van der Waals surface area contributed by atoms with E-state index in [0.29, 0.717) is 0 Å². The summed E-state index contributed by atoms with van der Waals surface area (Å²) in [6.45, 7) is -0.827. The van der Waals surface area contributed by atoms with Gasteiger partial charge in [0.2, 0.25) is 0 Å². The Hall–Kier alpha value is -2.05. The van der Waals surface area contributed by atoms with E-state index in [9.17, 15) is 22.8 Å². The molecule has 0 heterocycles. The molecule has 92 valence electrons. The quantitative estimate of drug-likeness (QED) is 0.650. The molecule has 17 heavy (non-hydrogen) atoms. The fourth-order valence-corrected chi connectivity index (χ4v) is 0.925. The topological polar surface area (TPSA) is 55.4 Å². The van der Waals surface area contributed by atoms with Crippen LogP contribution in [0.4, 0.5) is 13.2 Å². The summed E-state index contributed by atoms with van der Waals surface area (Å²) in [5, 5.41) is 1.42. The van der Waals surface area contributed by atoms with E-state index in [2.05, 4.69) is 4.74 Å². The maximum Gasteiger partial charge on any atom is 0.471 e. The Morgan fingerprint density at radius 2 is 1.76 bits per heavy atom. The van der Waals surface area contributed by atoms with E-state index in [1.54, 1.807) is 18.2 Å². The first-order valence-electron chi connectivity index (χ1n) is 4.48. The Kier molecular flexibility index (Phi) is 4.08. The van der Waals surface area contributed by atoms with Crippen molar-refractivity contribution in [3.05, 3.63) is 35.9 Å². The second kappa shape index (κ2) is 5.33. The van der Waals surface area contributed by atoms with E-state index in [1.807, 2.05) is 0 Å². The fourth-order valence-electron chi connectivity index (χ4n) is 0.925. The van der Waals surface area contributed by atoms with Crippen LogP contribution in [-0.2, 0) is 9.53 Å². The van der Waals surface area contributed by atoms with E-state index < -0.39 is 24.8 Å². The van der Waals surface area contributed by atoms with Gasteiger partial charge in [-0.1, -0.05) is 18.2 Å². The van der Waals surface area contributed by atoms with Gasteiger partial charge >= 0.3 is 18.1 Å². The first kappa shape index (κ1) is 13.0. The lowest BCUT2D eigenvalue weighted by Gasteiger charge is -2.08. The minimum Gasteiger partial charge on any atom is -0.441 e. The van der Waals surface area contributed by atoms with Crippen molar-refractivity contribution >= 4 is 11.9 Å². The molecule has 0 saturated heterocycles. The lowest BCUT2D eigenvalue weighted by Crippen LogP contribution is -2.38. The third kappa shape index (κ3) is 4.13.